The minimum absolute atomic E-state index is 0.0306. The molecule has 0 saturated heterocycles. The molecular weight excluding hydrogens is 309 g/mol. The second kappa shape index (κ2) is 5.72. The Morgan fingerprint density at radius 1 is 1.43 bits per heavy atom. The number of hydrogen-bond acceptors (Lipinski definition) is 3. The second-order valence-corrected chi connectivity index (χ2v) is 4.61. The van der Waals surface area contributed by atoms with E-state index in [0.29, 0.717) is 0 Å². The van der Waals surface area contributed by atoms with Crippen LogP contribution in [0.3, 0.4) is 0 Å². The molecule has 0 radical (unpaired) electrons. The molecule has 1 atom stereocenters. The Balaban J connectivity index is 2.28. The third-order valence-corrected chi connectivity index (χ3v) is 2.86. The predicted molar refractivity (Wildman–Crippen MR) is 68.7 cm³/mol. The number of nitrogens with one attached hydrogen (secondary N) is 1. The van der Waals surface area contributed by atoms with E-state index >= 15 is 0 Å². The Kier molecular flexibility index (Phi) is 4.17. The van der Waals surface area contributed by atoms with Crippen LogP contribution >= 0.6 is 11.6 Å². The van der Waals surface area contributed by atoms with E-state index in [9.17, 15) is 18.0 Å². The molecule has 21 heavy (non-hydrogen) atoms. The molecule has 1 amide bonds. The number of aryl methyl sites for hydroxylation is 1. The number of halogens is 4. The van der Waals surface area contributed by atoms with E-state index < -0.39 is 18.1 Å². The minimum atomic E-state index is -4.69. The van der Waals surface area contributed by atoms with Gasteiger partial charge >= 0.3 is 6.18 Å². The summed E-state index contributed by atoms with van der Waals surface area (Å²) in [7, 11) is 1.50. The van der Waals surface area contributed by atoms with E-state index in [1.54, 1.807) is 0 Å². The topological polar surface area (TPSA) is 59.8 Å². The van der Waals surface area contributed by atoms with E-state index in [2.05, 4.69) is 10.1 Å². The molecule has 0 saturated carbocycles. The summed E-state index contributed by atoms with van der Waals surface area (Å²) in [4.78, 5) is 15.5. The van der Waals surface area contributed by atoms with Gasteiger partial charge in [0.2, 0.25) is 0 Å². The lowest BCUT2D eigenvalue weighted by atomic mass is 10.1. The highest BCUT2D eigenvalue weighted by Crippen LogP contribution is 2.32. The molecule has 2 aromatic rings. The quantitative estimate of drug-likeness (QED) is 0.946. The van der Waals surface area contributed by atoms with Gasteiger partial charge in [-0.3, -0.25) is 14.5 Å². The fourth-order valence-corrected chi connectivity index (χ4v) is 1.95. The molecular formula is C12H10ClF3N4O. The lowest BCUT2D eigenvalue weighted by molar-refractivity contribution is -0.156. The Morgan fingerprint density at radius 2 is 2.14 bits per heavy atom. The highest BCUT2D eigenvalue weighted by molar-refractivity contribution is 6.33. The molecule has 9 heteroatoms. The van der Waals surface area contributed by atoms with E-state index in [1.807, 2.05) is 5.32 Å². The van der Waals surface area contributed by atoms with Crippen LogP contribution in [0, 0.1) is 0 Å². The summed E-state index contributed by atoms with van der Waals surface area (Å²) >= 11 is 5.74. The number of carbonyl (C=O) groups is 1. The van der Waals surface area contributed by atoms with Gasteiger partial charge in [0.15, 0.2) is 11.7 Å². The van der Waals surface area contributed by atoms with E-state index in [1.165, 1.54) is 42.3 Å². The van der Waals surface area contributed by atoms with Crippen molar-refractivity contribution in [2.45, 2.75) is 12.2 Å². The maximum absolute atomic E-state index is 13.1. The molecule has 1 N–H and O–H groups in total. The Labute approximate surface area is 122 Å². The highest BCUT2D eigenvalue weighted by atomic mass is 35.5. The number of rotatable bonds is 3. The standard InChI is InChI=1S/C12H10ClF3N4O/c1-20-6-7(13)9(19-20)11(21)18-10(12(14,15)16)8-4-2-3-5-17-8/h2-6,10H,1H3,(H,18,21)/t10-/m0/s1. The van der Waals surface area contributed by atoms with Crippen LogP contribution in [0.5, 0.6) is 0 Å². The molecule has 0 aliphatic carbocycles. The molecule has 0 spiro atoms. The molecule has 2 aromatic heterocycles. The molecule has 0 fully saturated rings. The van der Waals surface area contributed by atoms with Crippen LogP contribution in [0.1, 0.15) is 22.2 Å². The van der Waals surface area contributed by atoms with Crippen LogP contribution in [0.25, 0.3) is 0 Å². The summed E-state index contributed by atoms with van der Waals surface area (Å²) in [5, 5.41) is 5.55. The van der Waals surface area contributed by atoms with Gasteiger partial charge in [0.25, 0.3) is 5.91 Å². The first-order valence-corrected chi connectivity index (χ1v) is 6.14. The third kappa shape index (κ3) is 3.52. The summed E-state index contributed by atoms with van der Waals surface area (Å²) in [5.74, 6) is -1.02. The van der Waals surface area contributed by atoms with Crippen molar-refractivity contribution in [1.82, 2.24) is 20.1 Å². The fraction of sp³-hybridized carbons (Fsp3) is 0.250. The first-order chi connectivity index (χ1) is 9.79. The van der Waals surface area contributed by atoms with Crippen LogP contribution in [0.4, 0.5) is 13.2 Å². The minimum Gasteiger partial charge on any atom is -0.334 e. The number of amides is 1. The van der Waals surface area contributed by atoms with Gasteiger partial charge in [0.1, 0.15) is 0 Å². The zero-order valence-electron chi connectivity index (χ0n) is 10.7. The van der Waals surface area contributed by atoms with Crippen LogP contribution in [-0.4, -0.2) is 26.8 Å². The van der Waals surface area contributed by atoms with Crippen molar-refractivity contribution in [3.63, 3.8) is 0 Å². The summed E-state index contributed by atoms with van der Waals surface area (Å²) in [6, 6.07) is 1.83. The molecule has 2 rings (SSSR count). The fourth-order valence-electron chi connectivity index (χ4n) is 1.68. The van der Waals surface area contributed by atoms with Crippen molar-refractivity contribution in [3.05, 3.63) is 47.0 Å². The first kappa shape index (κ1) is 15.3. The Hall–Kier alpha value is -2.09. The molecule has 0 bridgehead atoms. The number of aromatic nitrogens is 3. The van der Waals surface area contributed by atoms with Gasteiger partial charge in [0.05, 0.1) is 10.7 Å². The van der Waals surface area contributed by atoms with E-state index in [-0.39, 0.29) is 16.4 Å². The molecule has 0 aliphatic rings. The monoisotopic (exact) mass is 318 g/mol. The lowest BCUT2D eigenvalue weighted by Crippen LogP contribution is -2.39. The van der Waals surface area contributed by atoms with Crippen molar-refractivity contribution in [2.24, 2.45) is 7.05 Å². The molecule has 5 nitrogen and oxygen atoms in total. The summed E-state index contributed by atoms with van der Waals surface area (Å²) in [6.45, 7) is 0. The van der Waals surface area contributed by atoms with Gasteiger partial charge in [-0.2, -0.15) is 18.3 Å². The number of nitrogens with zero attached hydrogens (tertiary/aromatic N) is 3. The summed E-state index contributed by atoms with van der Waals surface area (Å²) in [5.41, 5.74) is -0.588. The van der Waals surface area contributed by atoms with Crippen molar-refractivity contribution in [2.75, 3.05) is 0 Å². The van der Waals surface area contributed by atoms with Crippen molar-refractivity contribution in [1.29, 1.82) is 0 Å². The molecule has 112 valence electrons. The molecule has 0 aliphatic heterocycles. The van der Waals surface area contributed by atoms with Crippen LogP contribution < -0.4 is 5.32 Å². The Bertz CT molecular complexity index is 642. The predicted octanol–water partition coefficient (Wildman–Crippen LogP) is 2.50. The zero-order valence-corrected chi connectivity index (χ0v) is 11.5. The van der Waals surface area contributed by atoms with Crippen molar-refractivity contribution < 1.29 is 18.0 Å². The van der Waals surface area contributed by atoms with Gasteiger partial charge in [-0.15, -0.1) is 0 Å². The largest absolute Gasteiger partial charge is 0.414 e. The van der Waals surface area contributed by atoms with Crippen molar-refractivity contribution >= 4 is 17.5 Å². The maximum atomic E-state index is 13.1. The summed E-state index contributed by atoms with van der Waals surface area (Å²) < 4.78 is 40.5. The smallest absolute Gasteiger partial charge is 0.334 e. The number of carbonyl (C=O) groups excluding carboxylic acids is 1. The second-order valence-electron chi connectivity index (χ2n) is 4.20. The average Bonchev–Trinajstić information content (AvgIpc) is 2.74. The zero-order chi connectivity index (χ0) is 15.6. The SMILES string of the molecule is Cn1cc(Cl)c(C(=O)N[C@@H](c2ccccn2)C(F)(F)F)n1. The van der Waals surface area contributed by atoms with Crippen LogP contribution in [0.15, 0.2) is 30.6 Å². The first-order valence-electron chi connectivity index (χ1n) is 5.76. The molecule has 0 aromatic carbocycles. The van der Waals surface area contributed by atoms with Crippen molar-refractivity contribution in [3.8, 4) is 0 Å². The van der Waals surface area contributed by atoms with Gasteiger partial charge < -0.3 is 5.32 Å². The summed E-state index contributed by atoms with van der Waals surface area (Å²) in [6.07, 6.45) is -2.15. The van der Waals surface area contributed by atoms with Gasteiger partial charge in [-0.25, -0.2) is 0 Å². The Morgan fingerprint density at radius 3 is 2.62 bits per heavy atom. The third-order valence-electron chi connectivity index (χ3n) is 2.59. The maximum Gasteiger partial charge on any atom is 0.414 e. The van der Waals surface area contributed by atoms with E-state index in [4.69, 9.17) is 11.6 Å². The van der Waals surface area contributed by atoms with Gasteiger partial charge in [-0.1, -0.05) is 17.7 Å². The van der Waals surface area contributed by atoms with Gasteiger partial charge in [0, 0.05) is 19.4 Å². The van der Waals surface area contributed by atoms with E-state index in [0.717, 1.165) is 0 Å². The van der Waals surface area contributed by atoms with Crippen LogP contribution in [0.2, 0.25) is 5.02 Å². The highest BCUT2D eigenvalue weighted by Gasteiger charge is 2.43. The lowest BCUT2D eigenvalue weighted by Gasteiger charge is -2.20. The molecule has 2 heterocycles. The number of pyridine rings is 1. The average molecular weight is 319 g/mol. The number of alkyl halides is 3. The van der Waals surface area contributed by atoms with Gasteiger partial charge in [-0.05, 0) is 12.1 Å². The van der Waals surface area contributed by atoms with Crippen LogP contribution in [-0.2, 0) is 7.05 Å². The normalized spacial score (nSPS) is 13.0. The number of hydrogen-bond donors (Lipinski definition) is 1. The molecule has 0 unspecified atom stereocenters.